The lowest BCUT2D eigenvalue weighted by molar-refractivity contribution is 0.413. The van der Waals surface area contributed by atoms with Crippen molar-refractivity contribution in [1.29, 1.82) is 0 Å². The van der Waals surface area contributed by atoms with Crippen LogP contribution in [-0.4, -0.2) is 12.1 Å². The average Bonchev–Trinajstić information content (AvgIpc) is 2.53. The number of rotatable bonds is 6. The Hall–Kier alpha value is -1.94. The van der Waals surface area contributed by atoms with Gasteiger partial charge in [-0.3, -0.25) is 4.98 Å². The number of aromatic nitrogens is 1. The summed E-state index contributed by atoms with van der Waals surface area (Å²) >= 11 is 0. The van der Waals surface area contributed by atoms with Crippen molar-refractivity contribution in [2.75, 3.05) is 7.11 Å². The van der Waals surface area contributed by atoms with Crippen molar-refractivity contribution in [2.24, 2.45) is 0 Å². The van der Waals surface area contributed by atoms with Crippen LogP contribution in [-0.2, 0) is 0 Å². The van der Waals surface area contributed by atoms with E-state index in [1.165, 1.54) is 17.8 Å². The highest BCUT2D eigenvalue weighted by Crippen LogP contribution is 2.22. The van der Waals surface area contributed by atoms with Crippen LogP contribution in [0.3, 0.4) is 0 Å². The zero-order valence-electron chi connectivity index (χ0n) is 12.6. The minimum absolute atomic E-state index is 0.0997. The third kappa shape index (κ3) is 4.02. The lowest BCUT2D eigenvalue weighted by atomic mass is 10.0. The second-order valence-electron chi connectivity index (χ2n) is 5.02. The van der Waals surface area contributed by atoms with E-state index in [2.05, 4.69) is 24.1 Å². The Morgan fingerprint density at radius 1 is 1.19 bits per heavy atom. The van der Waals surface area contributed by atoms with E-state index >= 15 is 0 Å². The predicted molar refractivity (Wildman–Crippen MR) is 81.8 cm³/mol. The number of nitrogens with zero attached hydrogens (tertiary/aromatic N) is 1. The predicted octanol–water partition coefficient (Wildman–Crippen LogP) is 4.03. The summed E-state index contributed by atoms with van der Waals surface area (Å²) in [6, 6.07) is 11.4. The molecule has 0 amide bonds. The fourth-order valence-corrected chi connectivity index (χ4v) is 2.30. The van der Waals surface area contributed by atoms with Gasteiger partial charge in [-0.1, -0.05) is 19.1 Å². The molecule has 112 valence electrons. The fraction of sp³-hybridized carbons (Fsp3) is 0.353. The van der Waals surface area contributed by atoms with Crippen LogP contribution < -0.4 is 10.1 Å². The molecule has 3 nitrogen and oxygen atoms in total. The minimum Gasteiger partial charge on any atom is -0.497 e. The Morgan fingerprint density at radius 3 is 2.43 bits per heavy atom. The maximum Gasteiger partial charge on any atom is 0.141 e. The molecule has 2 aromatic rings. The Bertz CT molecular complexity index is 554. The highest BCUT2D eigenvalue weighted by atomic mass is 19.1. The van der Waals surface area contributed by atoms with Crippen LogP contribution in [0, 0.1) is 5.82 Å². The Labute approximate surface area is 125 Å². The number of hydrogen-bond donors (Lipinski definition) is 1. The van der Waals surface area contributed by atoms with Crippen molar-refractivity contribution in [3.05, 3.63) is 59.7 Å². The molecule has 21 heavy (non-hydrogen) atoms. The average molecular weight is 288 g/mol. The topological polar surface area (TPSA) is 34.1 Å². The van der Waals surface area contributed by atoms with Crippen LogP contribution in [0.4, 0.5) is 4.39 Å². The standard InChI is InChI=1S/C17H21FN2O/c1-4-16(17-10-7-14(18)11-19-17)20-12(2)13-5-8-15(21-3)9-6-13/h5-12,16,20H,4H2,1-3H3/t12-,16?/m0/s1. The van der Waals surface area contributed by atoms with Gasteiger partial charge in [0.05, 0.1) is 19.0 Å². The van der Waals surface area contributed by atoms with Crippen LogP contribution in [0.5, 0.6) is 5.75 Å². The molecule has 1 N–H and O–H groups in total. The number of ether oxygens (including phenoxy) is 1. The molecule has 0 aliphatic rings. The molecule has 1 aromatic heterocycles. The number of methoxy groups -OCH3 is 1. The molecular formula is C17H21FN2O. The maximum atomic E-state index is 13.0. The molecule has 0 saturated carbocycles. The van der Waals surface area contributed by atoms with Gasteiger partial charge in [-0.15, -0.1) is 0 Å². The van der Waals surface area contributed by atoms with Gasteiger partial charge in [-0.25, -0.2) is 4.39 Å². The molecule has 2 rings (SSSR count). The number of nitrogens with one attached hydrogen (secondary N) is 1. The van der Waals surface area contributed by atoms with E-state index in [1.54, 1.807) is 13.2 Å². The first-order valence-electron chi connectivity index (χ1n) is 7.15. The summed E-state index contributed by atoms with van der Waals surface area (Å²) < 4.78 is 18.1. The highest BCUT2D eigenvalue weighted by molar-refractivity contribution is 5.29. The summed E-state index contributed by atoms with van der Waals surface area (Å²) in [6.45, 7) is 4.19. The van der Waals surface area contributed by atoms with Gasteiger partial charge in [0.25, 0.3) is 0 Å². The van der Waals surface area contributed by atoms with Crippen molar-refractivity contribution in [3.63, 3.8) is 0 Å². The molecular weight excluding hydrogens is 267 g/mol. The van der Waals surface area contributed by atoms with Gasteiger partial charge in [-0.2, -0.15) is 0 Å². The summed E-state index contributed by atoms with van der Waals surface area (Å²) in [4.78, 5) is 4.17. The SMILES string of the molecule is CCC(N[C@@H](C)c1ccc(OC)cc1)c1ccc(F)cn1. The van der Waals surface area contributed by atoms with Gasteiger partial charge in [0.2, 0.25) is 0 Å². The normalized spacial score (nSPS) is 13.7. The Kier molecular flexibility index (Phi) is 5.28. The van der Waals surface area contributed by atoms with Crippen molar-refractivity contribution >= 4 is 0 Å². The van der Waals surface area contributed by atoms with Crippen LogP contribution in [0.15, 0.2) is 42.6 Å². The van der Waals surface area contributed by atoms with Gasteiger partial charge in [0, 0.05) is 12.1 Å². The number of hydrogen-bond acceptors (Lipinski definition) is 3. The molecule has 1 heterocycles. The van der Waals surface area contributed by atoms with E-state index in [4.69, 9.17) is 4.74 Å². The first-order chi connectivity index (χ1) is 10.1. The Balaban J connectivity index is 2.08. The van der Waals surface area contributed by atoms with Crippen LogP contribution in [0.1, 0.15) is 43.6 Å². The van der Waals surface area contributed by atoms with Crippen molar-refractivity contribution in [2.45, 2.75) is 32.4 Å². The molecule has 1 unspecified atom stereocenters. The van der Waals surface area contributed by atoms with Crippen LogP contribution in [0.25, 0.3) is 0 Å². The second-order valence-corrected chi connectivity index (χ2v) is 5.02. The highest BCUT2D eigenvalue weighted by Gasteiger charge is 2.15. The van der Waals surface area contributed by atoms with Gasteiger partial charge >= 0.3 is 0 Å². The van der Waals surface area contributed by atoms with E-state index in [1.807, 2.05) is 24.3 Å². The van der Waals surface area contributed by atoms with Gasteiger partial charge in [0.15, 0.2) is 0 Å². The quantitative estimate of drug-likeness (QED) is 0.871. The summed E-state index contributed by atoms with van der Waals surface area (Å²) in [5.74, 6) is 0.537. The van der Waals surface area contributed by atoms with Crippen LogP contribution in [0.2, 0.25) is 0 Å². The van der Waals surface area contributed by atoms with Crippen molar-refractivity contribution < 1.29 is 9.13 Å². The molecule has 0 spiro atoms. The number of pyridine rings is 1. The van der Waals surface area contributed by atoms with Crippen molar-refractivity contribution in [3.8, 4) is 5.75 Å². The number of halogens is 1. The van der Waals surface area contributed by atoms with E-state index in [-0.39, 0.29) is 17.9 Å². The van der Waals surface area contributed by atoms with Gasteiger partial charge in [-0.05, 0) is 43.2 Å². The maximum absolute atomic E-state index is 13.0. The zero-order valence-corrected chi connectivity index (χ0v) is 12.6. The molecule has 0 radical (unpaired) electrons. The van der Waals surface area contributed by atoms with E-state index in [0.717, 1.165) is 17.9 Å². The third-order valence-corrected chi connectivity index (χ3v) is 3.58. The van der Waals surface area contributed by atoms with Gasteiger partial charge in [0.1, 0.15) is 11.6 Å². The summed E-state index contributed by atoms with van der Waals surface area (Å²) in [5, 5.41) is 3.53. The smallest absolute Gasteiger partial charge is 0.141 e. The van der Waals surface area contributed by atoms with E-state index in [9.17, 15) is 4.39 Å². The Morgan fingerprint density at radius 2 is 1.90 bits per heavy atom. The van der Waals surface area contributed by atoms with Crippen LogP contribution >= 0.6 is 0 Å². The number of benzene rings is 1. The molecule has 4 heteroatoms. The van der Waals surface area contributed by atoms with E-state index in [0.29, 0.717) is 0 Å². The summed E-state index contributed by atoms with van der Waals surface area (Å²) in [5.41, 5.74) is 2.04. The molecule has 0 aliphatic heterocycles. The lowest BCUT2D eigenvalue weighted by Gasteiger charge is -2.22. The fourth-order valence-electron chi connectivity index (χ4n) is 2.30. The molecule has 0 bridgehead atoms. The summed E-state index contributed by atoms with van der Waals surface area (Å²) in [6.07, 6.45) is 2.15. The van der Waals surface area contributed by atoms with Gasteiger partial charge < -0.3 is 10.1 Å². The molecule has 1 aromatic carbocycles. The summed E-state index contributed by atoms with van der Waals surface area (Å²) in [7, 11) is 1.66. The molecule has 0 fully saturated rings. The third-order valence-electron chi connectivity index (χ3n) is 3.58. The zero-order chi connectivity index (χ0) is 15.2. The monoisotopic (exact) mass is 288 g/mol. The molecule has 0 aliphatic carbocycles. The molecule has 0 saturated heterocycles. The molecule has 2 atom stereocenters. The lowest BCUT2D eigenvalue weighted by Crippen LogP contribution is -2.25. The van der Waals surface area contributed by atoms with Crippen molar-refractivity contribution in [1.82, 2.24) is 10.3 Å². The first-order valence-corrected chi connectivity index (χ1v) is 7.15. The first kappa shape index (κ1) is 15.4. The second kappa shape index (κ2) is 7.18. The van der Waals surface area contributed by atoms with E-state index < -0.39 is 0 Å². The minimum atomic E-state index is -0.309. The largest absolute Gasteiger partial charge is 0.497 e.